The zero-order valence-electron chi connectivity index (χ0n) is 12.9. The van der Waals surface area contributed by atoms with Crippen LogP contribution in [0.1, 0.15) is 58.8 Å². The van der Waals surface area contributed by atoms with Crippen LogP contribution in [0.25, 0.3) is 0 Å². The highest BCUT2D eigenvalue weighted by Crippen LogP contribution is 2.35. The Kier molecular flexibility index (Phi) is 6.11. The molecule has 2 aliphatic rings. The van der Waals surface area contributed by atoms with Gasteiger partial charge in [0.2, 0.25) is 0 Å². The van der Waals surface area contributed by atoms with Crippen LogP contribution in [-0.4, -0.2) is 38.0 Å². The Hall–Kier alpha value is -0.120. The fourth-order valence-corrected chi connectivity index (χ4v) is 3.52. The van der Waals surface area contributed by atoms with Gasteiger partial charge < -0.3 is 14.8 Å². The van der Waals surface area contributed by atoms with Crippen molar-refractivity contribution in [1.29, 1.82) is 0 Å². The lowest BCUT2D eigenvalue weighted by Crippen LogP contribution is -2.60. The predicted molar refractivity (Wildman–Crippen MR) is 78.4 cm³/mol. The molecule has 0 saturated heterocycles. The van der Waals surface area contributed by atoms with Gasteiger partial charge in [-0.15, -0.1) is 0 Å². The van der Waals surface area contributed by atoms with Crippen molar-refractivity contribution in [1.82, 2.24) is 5.32 Å². The van der Waals surface area contributed by atoms with Crippen LogP contribution >= 0.6 is 0 Å². The van der Waals surface area contributed by atoms with Crippen LogP contribution in [-0.2, 0) is 9.47 Å². The largest absolute Gasteiger partial charge is 0.374 e. The van der Waals surface area contributed by atoms with Gasteiger partial charge in [-0.1, -0.05) is 33.1 Å². The molecule has 0 aliphatic heterocycles. The molecular weight excluding hydrogens is 238 g/mol. The van der Waals surface area contributed by atoms with Gasteiger partial charge in [0.1, 0.15) is 0 Å². The van der Waals surface area contributed by atoms with E-state index in [1.54, 1.807) is 0 Å². The molecule has 0 bridgehead atoms. The fraction of sp³-hybridized carbons (Fsp3) is 1.00. The zero-order valence-corrected chi connectivity index (χ0v) is 12.9. The molecule has 2 rings (SSSR count). The molecule has 19 heavy (non-hydrogen) atoms. The van der Waals surface area contributed by atoms with Gasteiger partial charge in [0.05, 0.1) is 18.3 Å². The van der Waals surface area contributed by atoms with Gasteiger partial charge in [0, 0.05) is 12.6 Å². The minimum atomic E-state index is 0.268. The van der Waals surface area contributed by atoms with Crippen molar-refractivity contribution in [2.24, 2.45) is 5.92 Å². The maximum absolute atomic E-state index is 6.41. The molecule has 0 radical (unpaired) electrons. The van der Waals surface area contributed by atoms with E-state index < -0.39 is 0 Å². The van der Waals surface area contributed by atoms with Crippen LogP contribution in [0.3, 0.4) is 0 Å². The van der Waals surface area contributed by atoms with Crippen LogP contribution < -0.4 is 5.32 Å². The van der Waals surface area contributed by atoms with E-state index >= 15 is 0 Å². The summed E-state index contributed by atoms with van der Waals surface area (Å²) in [6.45, 7) is 5.32. The fourth-order valence-electron chi connectivity index (χ4n) is 3.52. The van der Waals surface area contributed by atoms with Crippen LogP contribution in [0.15, 0.2) is 0 Å². The molecule has 0 aromatic heterocycles. The number of nitrogens with one attached hydrogen (secondary N) is 1. The van der Waals surface area contributed by atoms with Crippen molar-refractivity contribution in [3.05, 3.63) is 0 Å². The molecule has 0 spiro atoms. The van der Waals surface area contributed by atoms with Crippen molar-refractivity contribution in [2.75, 3.05) is 13.7 Å². The second-order valence-electron chi connectivity index (χ2n) is 6.13. The van der Waals surface area contributed by atoms with E-state index in [-0.39, 0.29) is 6.10 Å². The lowest BCUT2D eigenvalue weighted by atomic mass is 9.82. The highest BCUT2D eigenvalue weighted by Gasteiger charge is 2.44. The summed E-state index contributed by atoms with van der Waals surface area (Å²) in [5, 5.41) is 3.35. The molecule has 0 heterocycles. The maximum atomic E-state index is 6.41. The molecular formula is C16H31NO2. The summed E-state index contributed by atoms with van der Waals surface area (Å²) < 4.78 is 12.4. The number of rotatable bonds is 7. The normalized spacial score (nSPS) is 39.0. The average molecular weight is 269 g/mol. The van der Waals surface area contributed by atoms with Crippen molar-refractivity contribution in [3.8, 4) is 0 Å². The summed E-state index contributed by atoms with van der Waals surface area (Å²) in [7, 11) is 2.03. The molecule has 0 amide bonds. The third-order valence-electron chi connectivity index (χ3n) is 4.85. The summed E-state index contributed by atoms with van der Waals surface area (Å²) in [4.78, 5) is 0. The van der Waals surface area contributed by atoms with Crippen molar-refractivity contribution >= 4 is 0 Å². The van der Waals surface area contributed by atoms with Crippen molar-refractivity contribution < 1.29 is 9.47 Å². The Morgan fingerprint density at radius 2 is 1.89 bits per heavy atom. The molecule has 112 valence electrons. The number of likely N-dealkylation sites (N-methyl/N-ethyl adjacent to an activating group) is 1. The monoisotopic (exact) mass is 269 g/mol. The molecule has 3 heteroatoms. The van der Waals surface area contributed by atoms with Gasteiger partial charge in [-0.3, -0.25) is 0 Å². The van der Waals surface area contributed by atoms with Crippen LogP contribution in [0, 0.1) is 5.92 Å². The Bertz CT molecular complexity index is 259. The average Bonchev–Trinajstić information content (AvgIpc) is 2.43. The first-order chi connectivity index (χ1) is 9.30. The predicted octanol–water partition coefficient (Wildman–Crippen LogP) is 3.13. The summed E-state index contributed by atoms with van der Waals surface area (Å²) >= 11 is 0. The van der Waals surface area contributed by atoms with E-state index in [1.807, 2.05) is 7.05 Å². The van der Waals surface area contributed by atoms with Gasteiger partial charge >= 0.3 is 0 Å². The smallest absolute Gasteiger partial charge is 0.0990 e. The first-order valence-electron chi connectivity index (χ1n) is 8.24. The Morgan fingerprint density at radius 3 is 2.58 bits per heavy atom. The van der Waals surface area contributed by atoms with E-state index in [0.717, 1.165) is 25.4 Å². The van der Waals surface area contributed by atoms with E-state index in [2.05, 4.69) is 19.2 Å². The molecule has 3 nitrogen and oxygen atoms in total. The lowest BCUT2D eigenvalue weighted by molar-refractivity contribution is -0.181. The molecule has 1 N–H and O–H groups in total. The zero-order chi connectivity index (χ0) is 13.7. The highest BCUT2D eigenvalue weighted by atomic mass is 16.6. The maximum Gasteiger partial charge on any atom is 0.0990 e. The minimum Gasteiger partial charge on any atom is -0.374 e. The summed E-state index contributed by atoms with van der Waals surface area (Å²) in [5.74, 6) is 0.772. The van der Waals surface area contributed by atoms with Gasteiger partial charge in [-0.2, -0.15) is 0 Å². The molecule has 5 atom stereocenters. The highest BCUT2D eigenvalue weighted by molar-refractivity contribution is 4.97. The van der Waals surface area contributed by atoms with Gasteiger partial charge in [-0.05, 0) is 38.6 Å². The molecule has 2 fully saturated rings. The first kappa shape index (κ1) is 15.3. The quantitative estimate of drug-likeness (QED) is 0.770. The second kappa shape index (κ2) is 7.61. The van der Waals surface area contributed by atoms with Crippen molar-refractivity contribution in [3.63, 3.8) is 0 Å². The Morgan fingerprint density at radius 1 is 1.11 bits per heavy atom. The van der Waals surface area contributed by atoms with E-state index in [4.69, 9.17) is 9.47 Å². The lowest BCUT2D eigenvalue weighted by Gasteiger charge is -2.46. The number of ether oxygens (including phenoxy) is 2. The molecule has 5 unspecified atom stereocenters. The topological polar surface area (TPSA) is 30.5 Å². The number of hydrogen-bond donors (Lipinski definition) is 1. The second-order valence-corrected chi connectivity index (χ2v) is 6.13. The molecule has 2 aliphatic carbocycles. The van der Waals surface area contributed by atoms with Gasteiger partial charge in [0.15, 0.2) is 0 Å². The molecule has 0 aromatic rings. The van der Waals surface area contributed by atoms with Gasteiger partial charge in [0.25, 0.3) is 0 Å². The summed E-state index contributed by atoms with van der Waals surface area (Å²) in [6.07, 6.45) is 9.84. The van der Waals surface area contributed by atoms with Crippen LogP contribution in [0.5, 0.6) is 0 Å². The Balaban J connectivity index is 1.83. The van der Waals surface area contributed by atoms with E-state index in [0.29, 0.717) is 18.2 Å². The van der Waals surface area contributed by atoms with Crippen molar-refractivity contribution in [2.45, 2.75) is 83.1 Å². The van der Waals surface area contributed by atoms with Crippen LogP contribution in [0.2, 0.25) is 0 Å². The number of hydrogen-bond acceptors (Lipinski definition) is 3. The summed E-state index contributed by atoms with van der Waals surface area (Å²) in [5.41, 5.74) is 0. The molecule has 2 saturated carbocycles. The molecule has 0 aromatic carbocycles. The standard InChI is InChI=1S/C16H31NO2/c1-4-10-18-16-13(17-3)11-15(16)19-14-9-7-6-8-12(14)5-2/h12-17H,4-11H2,1-3H3. The minimum absolute atomic E-state index is 0.268. The third kappa shape index (κ3) is 3.71. The first-order valence-corrected chi connectivity index (χ1v) is 8.24. The van der Waals surface area contributed by atoms with Crippen LogP contribution in [0.4, 0.5) is 0 Å². The third-order valence-corrected chi connectivity index (χ3v) is 4.85. The SMILES string of the molecule is CCCOC1C(NC)CC1OC1CCCCC1CC. The van der Waals surface area contributed by atoms with Gasteiger partial charge in [-0.25, -0.2) is 0 Å². The summed E-state index contributed by atoms with van der Waals surface area (Å²) in [6, 6.07) is 0.486. The van der Waals surface area contributed by atoms with E-state index in [1.165, 1.54) is 32.1 Å². The van der Waals surface area contributed by atoms with E-state index in [9.17, 15) is 0 Å². The Labute approximate surface area is 118 Å².